The summed E-state index contributed by atoms with van der Waals surface area (Å²) in [6, 6.07) is 8.53. The summed E-state index contributed by atoms with van der Waals surface area (Å²) in [6.45, 7) is 3.62. The van der Waals surface area contributed by atoms with Gasteiger partial charge in [-0.3, -0.25) is 4.79 Å². The SMILES string of the molecule is COc1ccc(C2CC(=O)c3c(C)cc4oc(=O)cc(C)c4c3O2)c(OC)c1. The predicted octanol–water partition coefficient (Wildman–Crippen LogP) is 4.13. The molecule has 1 aliphatic rings. The second kappa shape index (κ2) is 6.71. The molecule has 6 heteroatoms. The number of hydrogen-bond acceptors (Lipinski definition) is 6. The van der Waals surface area contributed by atoms with Crippen LogP contribution in [0.1, 0.15) is 39.6 Å². The molecule has 1 atom stereocenters. The van der Waals surface area contributed by atoms with Crippen molar-refractivity contribution in [3.8, 4) is 17.2 Å². The van der Waals surface area contributed by atoms with E-state index in [0.717, 1.165) is 11.1 Å². The van der Waals surface area contributed by atoms with Crippen molar-refractivity contribution in [1.82, 2.24) is 0 Å². The lowest BCUT2D eigenvalue weighted by molar-refractivity contribution is 0.0849. The van der Waals surface area contributed by atoms with E-state index >= 15 is 0 Å². The molecule has 6 nitrogen and oxygen atoms in total. The Kier molecular flexibility index (Phi) is 4.34. The summed E-state index contributed by atoms with van der Waals surface area (Å²) in [5, 5.41) is 0.644. The zero-order valence-electron chi connectivity index (χ0n) is 16.1. The standard InChI is InChI=1S/C22H20O6/c1-11-7-18-21(12(2)8-19(24)27-18)22-20(11)15(23)10-17(28-22)14-6-5-13(25-3)9-16(14)26-4/h5-9,17H,10H2,1-4H3. The number of hydrogen-bond donors (Lipinski definition) is 0. The van der Waals surface area contributed by atoms with Crippen LogP contribution in [-0.2, 0) is 0 Å². The largest absolute Gasteiger partial charge is 0.497 e. The average molecular weight is 380 g/mol. The molecular formula is C22H20O6. The van der Waals surface area contributed by atoms with Crippen molar-refractivity contribution in [2.24, 2.45) is 0 Å². The van der Waals surface area contributed by atoms with Crippen LogP contribution in [0.3, 0.4) is 0 Å². The first-order valence-electron chi connectivity index (χ1n) is 8.92. The predicted molar refractivity (Wildman–Crippen MR) is 104 cm³/mol. The Bertz CT molecular complexity index is 1160. The first kappa shape index (κ1) is 18.1. The number of carbonyl (C=O) groups is 1. The molecule has 0 N–H and O–H groups in total. The van der Waals surface area contributed by atoms with Gasteiger partial charge in [-0.15, -0.1) is 0 Å². The number of carbonyl (C=O) groups excluding carboxylic acids is 1. The number of benzene rings is 2. The van der Waals surface area contributed by atoms with Crippen LogP contribution in [0.4, 0.5) is 0 Å². The minimum absolute atomic E-state index is 0.0193. The fourth-order valence-corrected chi connectivity index (χ4v) is 3.77. The number of ketones is 1. The lowest BCUT2D eigenvalue weighted by Crippen LogP contribution is -2.22. The molecule has 0 bridgehead atoms. The summed E-state index contributed by atoms with van der Waals surface area (Å²) in [7, 11) is 3.14. The van der Waals surface area contributed by atoms with Gasteiger partial charge in [0.05, 0.1) is 31.6 Å². The van der Waals surface area contributed by atoms with Gasteiger partial charge in [-0.05, 0) is 43.2 Å². The zero-order valence-corrected chi connectivity index (χ0v) is 16.1. The molecule has 0 aliphatic carbocycles. The minimum Gasteiger partial charge on any atom is -0.497 e. The topological polar surface area (TPSA) is 75.0 Å². The van der Waals surface area contributed by atoms with E-state index in [1.54, 1.807) is 39.3 Å². The van der Waals surface area contributed by atoms with Crippen LogP contribution in [0.15, 0.2) is 39.5 Å². The van der Waals surface area contributed by atoms with Crippen LogP contribution in [0.5, 0.6) is 17.2 Å². The van der Waals surface area contributed by atoms with Crippen molar-refractivity contribution in [2.45, 2.75) is 26.4 Å². The fraction of sp³-hybridized carbons (Fsp3) is 0.273. The second-order valence-corrected chi connectivity index (χ2v) is 6.86. The fourth-order valence-electron chi connectivity index (χ4n) is 3.77. The van der Waals surface area contributed by atoms with Gasteiger partial charge in [-0.25, -0.2) is 4.79 Å². The van der Waals surface area contributed by atoms with Gasteiger partial charge in [0.25, 0.3) is 0 Å². The van der Waals surface area contributed by atoms with Crippen LogP contribution in [0, 0.1) is 13.8 Å². The number of Topliss-reactive ketones (excluding diaryl/α,β-unsaturated/α-hetero) is 1. The summed E-state index contributed by atoms with van der Waals surface area (Å²) < 4.78 is 22.4. The Hall–Kier alpha value is -3.28. The lowest BCUT2D eigenvalue weighted by Gasteiger charge is -2.29. The Morgan fingerprint density at radius 2 is 1.79 bits per heavy atom. The molecule has 0 radical (unpaired) electrons. The van der Waals surface area contributed by atoms with Crippen molar-refractivity contribution in [2.75, 3.05) is 14.2 Å². The monoisotopic (exact) mass is 380 g/mol. The quantitative estimate of drug-likeness (QED) is 0.636. The first-order valence-corrected chi connectivity index (χ1v) is 8.92. The molecule has 4 rings (SSSR count). The highest BCUT2D eigenvalue weighted by Gasteiger charge is 2.33. The van der Waals surface area contributed by atoms with Gasteiger partial charge >= 0.3 is 5.63 Å². The molecule has 0 spiro atoms. The van der Waals surface area contributed by atoms with Crippen LogP contribution >= 0.6 is 0 Å². The number of fused-ring (bicyclic) bond motifs is 3. The summed E-state index contributed by atoms with van der Waals surface area (Å²) in [6.07, 6.45) is -0.324. The van der Waals surface area contributed by atoms with Crippen molar-refractivity contribution in [1.29, 1.82) is 0 Å². The summed E-state index contributed by atoms with van der Waals surface area (Å²) in [4.78, 5) is 24.8. The van der Waals surface area contributed by atoms with Gasteiger partial charge in [0.1, 0.15) is 28.9 Å². The molecule has 28 heavy (non-hydrogen) atoms. The lowest BCUT2D eigenvalue weighted by atomic mass is 9.91. The van der Waals surface area contributed by atoms with Crippen molar-refractivity contribution in [3.05, 3.63) is 63.0 Å². The maximum atomic E-state index is 13.0. The van der Waals surface area contributed by atoms with Crippen LogP contribution in [0.2, 0.25) is 0 Å². The third kappa shape index (κ3) is 2.81. The Morgan fingerprint density at radius 1 is 1.00 bits per heavy atom. The molecule has 0 amide bonds. The maximum absolute atomic E-state index is 13.0. The minimum atomic E-state index is -0.516. The van der Waals surface area contributed by atoms with Gasteiger partial charge in [0.2, 0.25) is 0 Å². The van der Waals surface area contributed by atoms with Gasteiger partial charge in [-0.1, -0.05) is 0 Å². The Labute approximate surface area is 161 Å². The van der Waals surface area contributed by atoms with Crippen molar-refractivity contribution < 1.29 is 23.4 Å². The molecule has 3 aromatic rings. The van der Waals surface area contributed by atoms with E-state index in [4.69, 9.17) is 18.6 Å². The van der Waals surface area contributed by atoms with Gasteiger partial charge < -0.3 is 18.6 Å². The molecule has 1 aliphatic heterocycles. The van der Waals surface area contributed by atoms with E-state index in [1.165, 1.54) is 6.07 Å². The highest BCUT2D eigenvalue weighted by Crippen LogP contribution is 2.44. The smallest absolute Gasteiger partial charge is 0.336 e. The summed E-state index contributed by atoms with van der Waals surface area (Å²) in [5.74, 6) is 1.67. The summed E-state index contributed by atoms with van der Waals surface area (Å²) in [5.41, 5.74) is 2.70. The molecular weight excluding hydrogens is 360 g/mol. The molecule has 1 unspecified atom stereocenters. The van der Waals surface area contributed by atoms with E-state index in [2.05, 4.69) is 0 Å². The van der Waals surface area contributed by atoms with E-state index in [-0.39, 0.29) is 12.2 Å². The van der Waals surface area contributed by atoms with E-state index < -0.39 is 11.7 Å². The second-order valence-electron chi connectivity index (χ2n) is 6.86. The molecule has 1 aromatic heterocycles. The zero-order chi connectivity index (χ0) is 20.0. The number of rotatable bonds is 3. The highest BCUT2D eigenvalue weighted by molar-refractivity contribution is 6.07. The number of aryl methyl sites for hydroxylation is 2. The molecule has 0 saturated carbocycles. The van der Waals surface area contributed by atoms with Crippen LogP contribution in [-0.4, -0.2) is 20.0 Å². The molecule has 144 valence electrons. The number of ether oxygens (including phenoxy) is 3. The molecule has 2 heterocycles. The Balaban J connectivity index is 1.91. The third-order valence-corrected chi connectivity index (χ3v) is 5.08. The van der Waals surface area contributed by atoms with E-state index in [0.29, 0.717) is 39.3 Å². The van der Waals surface area contributed by atoms with Gasteiger partial charge in [0.15, 0.2) is 5.78 Å². The van der Waals surface area contributed by atoms with Crippen LogP contribution in [0.25, 0.3) is 11.0 Å². The third-order valence-electron chi connectivity index (χ3n) is 5.08. The van der Waals surface area contributed by atoms with E-state index in [9.17, 15) is 9.59 Å². The van der Waals surface area contributed by atoms with Gasteiger partial charge in [0, 0.05) is 17.7 Å². The highest BCUT2D eigenvalue weighted by atomic mass is 16.5. The van der Waals surface area contributed by atoms with Crippen molar-refractivity contribution >= 4 is 16.8 Å². The maximum Gasteiger partial charge on any atom is 0.336 e. The molecule has 0 fully saturated rings. The van der Waals surface area contributed by atoms with Crippen LogP contribution < -0.4 is 19.8 Å². The molecule has 2 aromatic carbocycles. The first-order chi connectivity index (χ1) is 13.4. The summed E-state index contributed by atoms with van der Waals surface area (Å²) >= 11 is 0. The van der Waals surface area contributed by atoms with E-state index in [1.807, 2.05) is 13.0 Å². The average Bonchev–Trinajstić information content (AvgIpc) is 2.66. The van der Waals surface area contributed by atoms with Gasteiger partial charge in [-0.2, -0.15) is 0 Å². The number of methoxy groups -OCH3 is 2. The molecule has 0 saturated heterocycles. The Morgan fingerprint density at radius 3 is 2.50 bits per heavy atom. The normalized spacial score (nSPS) is 15.9. The van der Waals surface area contributed by atoms with Crippen molar-refractivity contribution in [3.63, 3.8) is 0 Å².